The largest absolute Gasteiger partial charge is 0.417 e. The van der Waals surface area contributed by atoms with Gasteiger partial charge in [0.25, 0.3) is 0 Å². The maximum atomic E-state index is 6.64. The Bertz CT molecular complexity index is 747. The van der Waals surface area contributed by atoms with Crippen molar-refractivity contribution in [1.82, 2.24) is 0 Å². The van der Waals surface area contributed by atoms with Crippen molar-refractivity contribution in [2.24, 2.45) is 33.7 Å². The van der Waals surface area contributed by atoms with Gasteiger partial charge in [-0.05, 0) is 112 Å². The van der Waals surface area contributed by atoms with Crippen LogP contribution in [0.15, 0.2) is 9.98 Å². The summed E-state index contributed by atoms with van der Waals surface area (Å²) < 4.78 is 13.3. The molecule has 0 spiro atoms. The molecule has 0 aliphatic heterocycles. The second-order valence-corrected chi connectivity index (χ2v) is 24.1. The van der Waals surface area contributed by atoms with Crippen molar-refractivity contribution in [3.05, 3.63) is 0 Å². The number of hydrogen-bond donors (Lipinski definition) is 0. The Morgan fingerprint density at radius 3 is 1.07 bits per heavy atom. The highest BCUT2D eigenvalue weighted by molar-refractivity contribution is 6.72. The fraction of sp³-hybridized carbons (Fsp3) is 0.947. The second kappa shape index (κ2) is 20.8. The third-order valence-corrected chi connectivity index (χ3v) is 20.1. The molecule has 4 unspecified atom stereocenters. The summed E-state index contributed by atoms with van der Waals surface area (Å²) in [5.74, 6) is 2.84. The van der Waals surface area contributed by atoms with Crippen molar-refractivity contribution in [3.63, 3.8) is 0 Å². The summed E-state index contributed by atoms with van der Waals surface area (Å²) in [7, 11) is -3.14. The van der Waals surface area contributed by atoms with Crippen molar-refractivity contribution in [2.45, 2.75) is 195 Å². The van der Waals surface area contributed by atoms with E-state index in [0.717, 1.165) is 38.9 Å². The summed E-state index contributed by atoms with van der Waals surface area (Å²) in [5.41, 5.74) is 2.69. The van der Waals surface area contributed by atoms with Gasteiger partial charge in [0, 0.05) is 13.2 Å². The van der Waals surface area contributed by atoms with Crippen LogP contribution in [0.25, 0.3) is 0 Å². The van der Waals surface area contributed by atoms with Gasteiger partial charge in [0.05, 0.1) is 23.5 Å². The van der Waals surface area contributed by atoms with E-state index >= 15 is 0 Å². The zero-order valence-corrected chi connectivity index (χ0v) is 33.3. The van der Waals surface area contributed by atoms with Gasteiger partial charge in [-0.2, -0.15) is 0 Å². The van der Waals surface area contributed by atoms with Crippen LogP contribution in [0.3, 0.4) is 0 Å². The number of rotatable bonds is 21. The Balaban J connectivity index is 2.49. The zero-order valence-electron chi connectivity index (χ0n) is 31.3. The molecule has 2 saturated carbocycles. The molecule has 0 aromatic rings. The molecular formula is C38H76N2O2Si2. The molecule has 0 saturated heterocycles. The molecule has 2 fully saturated rings. The minimum absolute atomic E-state index is 0.452. The van der Waals surface area contributed by atoms with Crippen molar-refractivity contribution >= 4 is 28.1 Å². The molecule has 0 amide bonds. The molecule has 2 aliphatic rings. The molecule has 0 heterocycles. The molecule has 0 bridgehead atoms. The van der Waals surface area contributed by atoms with Crippen LogP contribution in [-0.4, -0.2) is 53.4 Å². The SMILES string of the molecule is CCC1CCCC(CC)C1N=C(CCCO[Si](C)(CC)CC)C(CCCO[Si](C)(CC)CC)=NC1C(CC)CCCC1CC. The molecule has 2 aliphatic carbocycles. The standard InChI is InChI=1S/C38H76N2O2Si2/c1-11-31-23-19-24-32(12-2)37(31)39-35(27-21-29-41-43(9,15-5)16-6)36(28-22-30-42-44(10,17-7)18-8)40-38-33(13-3)25-20-26-34(38)14-4/h31-34,37-38H,11-30H2,1-10H3. The predicted molar refractivity (Wildman–Crippen MR) is 201 cm³/mol. The molecule has 4 atom stereocenters. The Morgan fingerprint density at radius 1 is 0.523 bits per heavy atom. The average Bonchev–Trinajstić information content (AvgIpc) is 3.06. The highest BCUT2D eigenvalue weighted by atomic mass is 28.4. The van der Waals surface area contributed by atoms with Crippen LogP contribution in [-0.2, 0) is 8.85 Å². The van der Waals surface area contributed by atoms with Gasteiger partial charge in [0.2, 0.25) is 0 Å². The monoisotopic (exact) mass is 649 g/mol. The van der Waals surface area contributed by atoms with E-state index in [2.05, 4.69) is 68.5 Å². The summed E-state index contributed by atoms with van der Waals surface area (Å²) in [4.78, 5) is 11.7. The van der Waals surface area contributed by atoms with E-state index in [9.17, 15) is 0 Å². The minimum atomic E-state index is -1.57. The first kappa shape index (κ1) is 39.9. The number of aliphatic imine (C=N–C) groups is 2. The second-order valence-electron chi connectivity index (χ2n) is 14.9. The molecule has 258 valence electrons. The summed E-state index contributed by atoms with van der Waals surface area (Å²) in [6.07, 6.45) is 17.2. The van der Waals surface area contributed by atoms with Gasteiger partial charge in [-0.15, -0.1) is 0 Å². The van der Waals surface area contributed by atoms with Gasteiger partial charge in [-0.3, -0.25) is 9.98 Å². The molecule has 0 radical (unpaired) electrons. The van der Waals surface area contributed by atoms with E-state index in [0.29, 0.717) is 35.8 Å². The van der Waals surface area contributed by atoms with E-state index in [-0.39, 0.29) is 0 Å². The van der Waals surface area contributed by atoms with Gasteiger partial charge in [0.1, 0.15) is 0 Å². The van der Waals surface area contributed by atoms with E-state index in [1.54, 1.807) is 0 Å². The lowest BCUT2D eigenvalue weighted by atomic mass is 9.74. The van der Waals surface area contributed by atoms with Crippen LogP contribution < -0.4 is 0 Å². The van der Waals surface area contributed by atoms with Gasteiger partial charge >= 0.3 is 0 Å². The fourth-order valence-electron chi connectivity index (χ4n) is 7.89. The quantitative estimate of drug-likeness (QED) is 0.0706. The van der Waals surface area contributed by atoms with Crippen LogP contribution in [0.1, 0.15) is 145 Å². The van der Waals surface area contributed by atoms with E-state index in [1.165, 1.54) is 99.8 Å². The Hall–Kier alpha value is -0.306. The molecule has 4 nitrogen and oxygen atoms in total. The maximum Gasteiger partial charge on any atom is 0.189 e. The molecule has 6 heteroatoms. The van der Waals surface area contributed by atoms with Crippen LogP contribution >= 0.6 is 0 Å². The smallest absolute Gasteiger partial charge is 0.189 e. The van der Waals surface area contributed by atoms with Gasteiger partial charge in [0.15, 0.2) is 16.6 Å². The van der Waals surface area contributed by atoms with Crippen molar-refractivity contribution in [3.8, 4) is 0 Å². The van der Waals surface area contributed by atoms with Crippen LogP contribution in [0.4, 0.5) is 0 Å². The lowest BCUT2D eigenvalue weighted by molar-refractivity contribution is 0.211. The van der Waals surface area contributed by atoms with E-state index in [1.807, 2.05) is 0 Å². The lowest BCUT2D eigenvalue weighted by Gasteiger charge is -2.37. The van der Waals surface area contributed by atoms with Crippen molar-refractivity contribution in [2.75, 3.05) is 13.2 Å². The molecule has 0 aromatic carbocycles. The van der Waals surface area contributed by atoms with Crippen LogP contribution in [0.5, 0.6) is 0 Å². The predicted octanol–water partition coefficient (Wildman–Crippen LogP) is 11.9. The molecule has 2 rings (SSSR count). The molecule has 0 aromatic heterocycles. The number of hydrogen-bond acceptors (Lipinski definition) is 4. The van der Waals surface area contributed by atoms with Crippen LogP contribution in [0, 0.1) is 23.7 Å². The van der Waals surface area contributed by atoms with Gasteiger partial charge < -0.3 is 8.85 Å². The fourth-order valence-corrected chi connectivity index (χ4v) is 11.0. The topological polar surface area (TPSA) is 43.2 Å². The molecule has 44 heavy (non-hydrogen) atoms. The third kappa shape index (κ3) is 12.1. The minimum Gasteiger partial charge on any atom is -0.417 e. The highest BCUT2D eigenvalue weighted by Gasteiger charge is 2.34. The van der Waals surface area contributed by atoms with Crippen molar-refractivity contribution in [1.29, 1.82) is 0 Å². The van der Waals surface area contributed by atoms with Gasteiger partial charge in [-0.25, -0.2) is 0 Å². The van der Waals surface area contributed by atoms with Crippen LogP contribution in [0.2, 0.25) is 37.3 Å². The zero-order chi connectivity index (χ0) is 32.6. The first-order valence-electron chi connectivity index (χ1n) is 19.6. The first-order valence-corrected chi connectivity index (χ1v) is 25.2. The Kier molecular flexibility index (Phi) is 18.9. The van der Waals surface area contributed by atoms with E-state index < -0.39 is 16.6 Å². The summed E-state index contributed by atoms with van der Waals surface area (Å²) in [6, 6.07) is 5.71. The molecular weight excluding hydrogens is 573 g/mol. The van der Waals surface area contributed by atoms with E-state index in [4.69, 9.17) is 18.8 Å². The average molecular weight is 649 g/mol. The summed E-state index contributed by atoms with van der Waals surface area (Å²) >= 11 is 0. The van der Waals surface area contributed by atoms with Gasteiger partial charge in [-0.1, -0.05) is 93.9 Å². The summed E-state index contributed by atoms with van der Waals surface area (Å²) in [5, 5.41) is 0. The highest BCUT2D eigenvalue weighted by Crippen LogP contribution is 2.38. The first-order chi connectivity index (χ1) is 21.2. The normalized spacial score (nSPS) is 27.6. The summed E-state index contributed by atoms with van der Waals surface area (Å²) in [6.45, 7) is 25.4. The molecule has 0 N–H and O–H groups in total. The van der Waals surface area contributed by atoms with Crippen molar-refractivity contribution < 1.29 is 8.85 Å². The Morgan fingerprint density at radius 2 is 0.818 bits per heavy atom. The Labute approximate surface area is 277 Å². The number of nitrogens with zero attached hydrogens (tertiary/aromatic N) is 2. The third-order valence-electron chi connectivity index (χ3n) is 12.3. The maximum absolute atomic E-state index is 6.64. The lowest BCUT2D eigenvalue weighted by Crippen LogP contribution is -2.36.